The number of amides is 2. The molecule has 0 aromatic heterocycles. The Morgan fingerprint density at radius 3 is 2.80 bits per heavy atom. The summed E-state index contributed by atoms with van der Waals surface area (Å²) in [6.45, 7) is 3.53. The molecular weight excluding hydrogens is 278 g/mol. The topological polar surface area (TPSA) is 72.9 Å². The fourth-order valence-electron chi connectivity index (χ4n) is 2.61. The summed E-state index contributed by atoms with van der Waals surface area (Å²) in [5.74, 6) is 2.15. The Balaban J connectivity index is 1.71. The lowest BCUT2D eigenvalue weighted by molar-refractivity contribution is -0.138. The highest BCUT2D eigenvalue weighted by atomic mass is 32.2. The van der Waals surface area contributed by atoms with Crippen molar-refractivity contribution in [1.82, 2.24) is 15.1 Å². The number of carboxylic acid groups (broad SMARTS) is 1. The van der Waals surface area contributed by atoms with E-state index in [0.29, 0.717) is 25.6 Å². The van der Waals surface area contributed by atoms with Crippen LogP contribution in [0, 0.1) is 5.92 Å². The van der Waals surface area contributed by atoms with Gasteiger partial charge in [0.05, 0.1) is 6.54 Å². The molecule has 1 unspecified atom stereocenters. The van der Waals surface area contributed by atoms with Gasteiger partial charge in [-0.1, -0.05) is 0 Å². The number of hydrogen-bond donors (Lipinski definition) is 2. The van der Waals surface area contributed by atoms with E-state index in [1.165, 1.54) is 12.2 Å². The molecule has 2 saturated heterocycles. The monoisotopic (exact) mass is 301 g/mol. The van der Waals surface area contributed by atoms with E-state index >= 15 is 0 Å². The van der Waals surface area contributed by atoms with Crippen LogP contribution < -0.4 is 5.32 Å². The molecule has 2 aliphatic heterocycles. The van der Waals surface area contributed by atoms with Gasteiger partial charge in [-0.2, -0.15) is 11.8 Å². The molecule has 2 N–H and O–H groups in total. The van der Waals surface area contributed by atoms with E-state index in [0.717, 1.165) is 25.3 Å². The van der Waals surface area contributed by atoms with Crippen LogP contribution in [0.4, 0.5) is 4.79 Å². The molecule has 0 aliphatic carbocycles. The number of aliphatic carboxylic acids is 1. The van der Waals surface area contributed by atoms with Crippen molar-refractivity contribution >= 4 is 23.8 Å². The number of carbonyl (C=O) groups excluding carboxylic acids is 1. The van der Waals surface area contributed by atoms with Crippen molar-refractivity contribution in [1.29, 1.82) is 0 Å². The third-order valence-electron chi connectivity index (χ3n) is 3.80. The normalized spacial score (nSPS) is 24.4. The maximum Gasteiger partial charge on any atom is 0.317 e. The lowest BCUT2D eigenvalue weighted by Gasteiger charge is -2.22. The third kappa shape index (κ3) is 4.86. The van der Waals surface area contributed by atoms with Gasteiger partial charge in [0.15, 0.2) is 0 Å². The van der Waals surface area contributed by atoms with E-state index in [4.69, 9.17) is 5.11 Å². The van der Waals surface area contributed by atoms with Crippen LogP contribution in [0.1, 0.15) is 12.8 Å². The highest BCUT2D eigenvalue weighted by Crippen LogP contribution is 2.22. The molecule has 2 aliphatic rings. The summed E-state index contributed by atoms with van der Waals surface area (Å²) in [6, 6.07) is -0.000856. The first-order chi connectivity index (χ1) is 9.65. The van der Waals surface area contributed by atoms with E-state index in [9.17, 15) is 9.59 Å². The number of hydrogen-bond acceptors (Lipinski definition) is 4. The molecule has 2 fully saturated rings. The summed E-state index contributed by atoms with van der Waals surface area (Å²) in [5.41, 5.74) is 0. The predicted molar refractivity (Wildman–Crippen MR) is 79.1 cm³/mol. The molecule has 0 aromatic carbocycles. The Labute approximate surface area is 123 Å². The first-order valence-electron chi connectivity index (χ1n) is 7.20. The fourth-order valence-corrected chi connectivity index (χ4v) is 3.90. The molecule has 0 bridgehead atoms. The van der Waals surface area contributed by atoms with E-state index in [1.54, 1.807) is 0 Å². The molecule has 2 heterocycles. The summed E-state index contributed by atoms with van der Waals surface area (Å²) >= 11 is 1.95. The van der Waals surface area contributed by atoms with Gasteiger partial charge in [0.25, 0.3) is 0 Å². The molecule has 6 nitrogen and oxygen atoms in total. The zero-order valence-electron chi connectivity index (χ0n) is 11.7. The lowest BCUT2D eigenvalue weighted by atomic mass is 10.1. The lowest BCUT2D eigenvalue weighted by Crippen LogP contribution is -2.43. The van der Waals surface area contributed by atoms with Crippen molar-refractivity contribution in [2.45, 2.75) is 12.8 Å². The minimum Gasteiger partial charge on any atom is -0.480 e. The number of carbonyl (C=O) groups is 2. The van der Waals surface area contributed by atoms with Gasteiger partial charge in [0, 0.05) is 32.7 Å². The maximum atomic E-state index is 12.1. The highest BCUT2D eigenvalue weighted by molar-refractivity contribution is 7.99. The van der Waals surface area contributed by atoms with Crippen LogP contribution in [0.25, 0.3) is 0 Å². The summed E-state index contributed by atoms with van der Waals surface area (Å²) in [7, 11) is 0. The molecule has 7 heteroatoms. The summed E-state index contributed by atoms with van der Waals surface area (Å²) < 4.78 is 0. The van der Waals surface area contributed by atoms with Crippen LogP contribution in [-0.4, -0.2) is 77.7 Å². The average Bonchev–Trinajstić information content (AvgIpc) is 2.82. The molecule has 0 spiro atoms. The van der Waals surface area contributed by atoms with Crippen molar-refractivity contribution < 1.29 is 14.7 Å². The van der Waals surface area contributed by atoms with Gasteiger partial charge in [-0.15, -0.1) is 0 Å². The van der Waals surface area contributed by atoms with Gasteiger partial charge < -0.3 is 15.3 Å². The molecule has 0 radical (unpaired) electrons. The highest BCUT2D eigenvalue weighted by Gasteiger charge is 2.21. The van der Waals surface area contributed by atoms with Crippen molar-refractivity contribution in [3.8, 4) is 0 Å². The van der Waals surface area contributed by atoms with Gasteiger partial charge in [-0.05, 0) is 30.3 Å². The number of urea groups is 1. The third-order valence-corrected chi connectivity index (χ3v) is 5.03. The number of carboxylic acids is 1. The second-order valence-corrected chi connectivity index (χ2v) is 6.58. The average molecular weight is 301 g/mol. The number of nitrogens with one attached hydrogen (secondary N) is 1. The van der Waals surface area contributed by atoms with Crippen LogP contribution >= 0.6 is 11.8 Å². The quantitative estimate of drug-likeness (QED) is 0.793. The second-order valence-electron chi connectivity index (χ2n) is 5.43. The maximum absolute atomic E-state index is 12.1. The molecule has 2 amide bonds. The van der Waals surface area contributed by atoms with E-state index in [1.807, 2.05) is 21.6 Å². The number of thioether (sulfide) groups is 1. The summed E-state index contributed by atoms with van der Waals surface area (Å²) in [4.78, 5) is 26.5. The molecule has 114 valence electrons. The van der Waals surface area contributed by atoms with Crippen LogP contribution in [-0.2, 0) is 4.79 Å². The van der Waals surface area contributed by atoms with Gasteiger partial charge in [0.2, 0.25) is 0 Å². The van der Waals surface area contributed by atoms with Gasteiger partial charge in [-0.3, -0.25) is 9.69 Å². The first-order valence-corrected chi connectivity index (χ1v) is 8.35. The molecule has 2 rings (SSSR count). The van der Waals surface area contributed by atoms with Crippen molar-refractivity contribution in [3.05, 3.63) is 0 Å². The van der Waals surface area contributed by atoms with Gasteiger partial charge in [-0.25, -0.2) is 4.79 Å². The minimum atomic E-state index is -0.804. The van der Waals surface area contributed by atoms with Crippen molar-refractivity contribution in [3.63, 3.8) is 0 Å². The zero-order valence-corrected chi connectivity index (χ0v) is 12.5. The SMILES string of the molecule is O=C(O)CN1CCCN(C(=O)NCC2CCSC2)CC1. The van der Waals surface area contributed by atoms with E-state index in [-0.39, 0.29) is 12.6 Å². The zero-order chi connectivity index (χ0) is 14.4. The molecule has 1 atom stereocenters. The Kier molecular flexibility index (Phi) is 5.97. The first kappa shape index (κ1) is 15.4. The Morgan fingerprint density at radius 1 is 1.25 bits per heavy atom. The molecule has 0 aromatic rings. The van der Waals surface area contributed by atoms with Crippen LogP contribution in [0.2, 0.25) is 0 Å². The van der Waals surface area contributed by atoms with Gasteiger partial charge in [0.1, 0.15) is 0 Å². The van der Waals surface area contributed by atoms with Crippen LogP contribution in [0.3, 0.4) is 0 Å². The predicted octanol–water partition coefficient (Wildman–Crippen LogP) is 0.541. The number of nitrogens with zero attached hydrogens (tertiary/aromatic N) is 2. The fraction of sp³-hybridized carbons (Fsp3) is 0.846. The number of rotatable bonds is 4. The Bertz CT molecular complexity index is 348. The Morgan fingerprint density at radius 2 is 2.10 bits per heavy atom. The molecule has 20 heavy (non-hydrogen) atoms. The van der Waals surface area contributed by atoms with Crippen molar-refractivity contribution in [2.24, 2.45) is 5.92 Å². The second kappa shape index (κ2) is 7.73. The summed E-state index contributed by atoms with van der Waals surface area (Å²) in [6.07, 6.45) is 2.03. The van der Waals surface area contributed by atoms with Crippen LogP contribution in [0.5, 0.6) is 0 Å². The smallest absolute Gasteiger partial charge is 0.317 e. The van der Waals surface area contributed by atoms with Crippen LogP contribution in [0.15, 0.2) is 0 Å². The van der Waals surface area contributed by atoms with E-state index < -0.39 is 5.97 Å². The minimum absolute atomic E-state index is 0.000856. The van der Waals surface area contributed by atoms with E-state index in [2.05, 4.69) is 5.32 Å². The largest absolute Gasteiger partial charge is 0.480 e. The Hall–Kier alpha value is -0.950. The van der Waals surface area contributed by atoms with Crippen molar-refractivity contribution in [2.75, 3.05) is 50.8 Å². The summed E-state index contributed by atoms with van der Waals surface area (Å²) in [5, 5.41) is 11.8. The molecule has 0 saturated carbocycles. The standard InChI is InChI=1S/C13H23N3O3S/c17-12(18)9-15-3-1-4-16(6-5-15)13(19)14-8-11-2-7-20-10-11/h11H,1-10H2,(H,14,19)(H,17,18). The molecular formula is C13H23N3O3S. The van der Waals surface area contributed by atoms with Gasteiger partial charge >= 0.3 is 12.0 Å².